The van der Waals surface area contributed by atoms with Gasteiger partial charge in [0.2, 0.25) is 0 Å². The molecule has 0 aromatic rings. The van der Waals surface area contributed by atoms with Crippen LogP contribution in [0.1, 0.15) is 13.3 Å². The molecule has 0 aliphatic carbocycles. The van der Waals surface area contributed by atoms with E-state index < -0.39 is 6.08 Å². The van der Waals surface area contributed by atoms with Crippen molar-refractivity contribution in [1.82, 2.24) is 0 Å². The number of hydrogen-bond donors (Lipinski definition) is 0. The van der Waals surface area contributed by atoms with E-state index in [2.05, 4.69) is 0 Å². The second-order valence-corrected chi connectivity index (χ2v) is 1.84. The SMILES string of the molecule is CCC(P)=C(F)F. The van der Waals surface area contributed by atoms with E-state index in [9.17, 15) is 8.78 Å². The standard InChI is InChI=1S/C4H7F2P/c1-2-3(7)4(5)6/h2,7H2,1H3. The van der Waals surface area contributed by atoms with Crippen molar-refractivity contribution in [3.8, 4) is 0 Å². The van der Waals surface area contributed by atoms with Gasteiger partial charge in [0.15, 0.2) is 0 Å². The summed E-state index contributed by atoms with van der Waals surface area (Å²) in [5, 5.41) is 0.0972. The lowest BCUT2D eigenvalue weighted by atomic mass is 10.5. The van der Waals surface area contributed by atoms with E-state index in [1.807, 2.05) is 9.24 Å². The monoisotopic (exact) mass is 124 g/mol. The van der Waals surface area contributed by atoms with Gasteiger partial charge in [-0.05, 0) is 6.42 Å². The summed E-state index contributed by atoms with van der Waals surface area (Å²) in [5.74, 6) is 0. The molecule has 0 saturated carbocycles. The summed E-state index contributed by atoms with van der Waals surface area (Å²) in [6, 6.07) is 0. The van der Waals surface area contributed by atoms with Gasteiger partial charge >= 0.3 is 0 Å². The average Bonchev–Trinajstić information content (AvgIpc) is 1.65. The van der Waals surface area contributed by atoms with Crippen molar-refractivity contribution >= 4 is 9.24 Å². The van der Waals surface area contributed by atoms with Gasteiger partial charge < -0.3 is 0 Å². The van der Waals surface area contributed by atoms with E-state index in [0.29, 0.717) is 6.42 Å². The highest BCUT2D eigenvalue weighted by Gasteiger charge is 1.92. The normalized spacial score (nSPS) is 8.57. The van der Waals surface area contributed by atoms with Crippen molar-refractivity contribution in [3.05, 3.63) is 11.4 Å². The fraction of sp³-hybridized carbons (Fsp3) is 0.500. The molecule has 0 aromatic carbocycles. The third kappa shape index (κ3) is 2.69. The van der Waals surface area contributed by atoms with Gasteiger partial charge in [-0.2, -0.15) is 8.78 Å². The highest BCUT2D eigenvalue weighted by Crippen LogP contribution is 2.17. The molecule has 0 rings (SSSR count). The van der Waals surface area contributed by atoms with E-state index >= 15 is 0 Å². The van der Waals surface area contributed by atoms with E-state index in [1.54, 1.807) is 6.92 Å². The van der Waals surface area contributed by atoms with Gasteiger partial charge in [-0.25, -0.2) is 0 Å². The molecule has 1 atom stereocenters. The first-order valence-corrected chi connectivity index (χ1v) is 2.55. The Morgan fingerprint density at radius 3 is 2.00 bits per heavy atom. The van der Waals surface area contributed by atoms with Gasteiger partial charge in [0.25, 0.3) is 6.08 Å². The number of hydrogen-bond acceptors (Lipinski definition) is 0. The van der Waals surface area contributed by atoms with Crippen molar-refractivity contribution in [2.45, 2.75) is 13.3 Å². The second-order valence-electron chi connectivity index (χ2n) is 1.14. The van der Waals surface area contributed by atoms with Gasteiger partial charge in [0.05, 0.1) is 0 Å². The molecule has 0 spiro atoms. The van der Waals surface area contributed by atoms with Crippen molar-refractivity contribution in [1.29, 1.82) is 0 Å². The zero-order chi connectivity index (χ0) is 5.86. The fourth-order valence-corrected chi connectivity index (χ4v) is 0.134. The molecule has 3 heteroatoms. The molecule has 1 unspecified atom stereocenters. The first-order chi connectivity index (χ1) is 3.18. The molecule has 0 radical (unpaired) electrons. The van der Waals surface area contributed by atoms with Crippen LogP contribution in [0.25, 0.3) is 0 Å². The summed E-state index contributed by atoms with van der Waals surface area (Å²) in [5.41, 5.74) is 0. The minimum atomic E-state index is -1.58. The summed E-state index contributed by atoms with van der Waals surface area (Å²) >= 11 is 0. The molecule has 0 amide bonds. The van der Waals surface area contributed by atoms with Crippen LogP contribution in [-0.4, -0.2) is 0 Å². The molecular formula is C4H7F2P. The highest BCUT2D eigenvalue weighted by atomic mass is 31.0. The molecule has 0 fully saturated rings. The molecule has 0 aromatic heterocycles. The quantitative estimate of drug-likeness (QED) is 0.471. The number of rotatable bonds is 1. The van der Waals surface area contributed by atoms with Crippen molar-refractivity contribution < 1.29 is 8.78 Å². The summed E-state index contributed by atoms with van der Waals surface area (Å²) < 4.78 is 22.6. The Morgan fingerprint density at radius 2 is 2.00 bits per heavy atom. The predicted octanol–water partition coefficient (Wildman–Crippen LogP) is 2.38. The van der Waals surface area contributed by atoms with E-state index in [4.69, 9.17) is 0 Å². The molecule has 7 heavy (non-hydrogen) atoms. The Labute approximate surface area is 43.8 Å². The van der Waals surface area contributed by atoms with Crippen molar-refractivity contribution in [2.75, 3.05) is 0 Å². The minimum absolute atomic E-state index is 0.0972. The van der Waals surface area contributed by atoms with Gasteiger partial charge in [0.1, 0.15) is 0 Å². The maximum atomic E-state index is 11.3. The Kier molecular flexibility index (Phi) is 3.10. The first kappa shape index (κ1) is 7.03. The predicted molar refractivity (Wildman–Crippen MR) is 29.2 cm³/mol. The van der Waals surface area contributed by atoms with E-state index in [1.165, 1.54) is 0 Å². The molecule has 0 aliphatic rings. The molecule has 0 bridgehead atoms. The van der Waals surface area contributed by atoms with Crippen LogP contribution in [-0.2, 0) is 0 Å². The molecule has 0 N–H and O–H groups in total. The van der Waals surface area contributed by atoms with Gasteiger partial charge in [-0.15, -0.1) is 9.24 Å². The van der Waals surface area contributed by atoms with Gasteiger partial charge in [0, 0.05) is 5.31 Å². The lowest BCUT2D eigenvalue weighted by molar-refractivity contribution is 0.415. The summed E-state index contributed by atoms with van der Waals surface area (Å²) in [4.78, 5) is 0. The first-order valence-electron chi connectivity index (χ1n) is 1.98. The van der Waals surface area contributed by atoms with Crippen LogP contribution in [0.4, 0.5) is 8.78 Å². The zero-order valence-corrected chi connectivity index (χ0v) is 5.20. The highest BCUT2D eigenvalue weighted by molar-refractivity contribution is 7.22. The topological polar surface area (TPSA) is 0 Å². The van der Waals surface area contributed by atoms with Crippen LogP contribution in [0, 0.1) is 0 Å². The maximum absolute atomic E-state index is 11.3. The lowest BCUT2D eigenvalue weighted by Crippen LogP contribution is -1.65. The number of halogens is 2. The van der Waals surface area contributed by atoms with Crippen LogP contribution in [0.5, 0.6) is 0 Å². The van der Waals surface area contributed by atoms with Gasteiger partial charge in [-0.1, -0.05) is 6.92 Å². The third-order valence-corrected chi connectivity index (χ3v) is 1.25. The van der Waals surface area contributed by atoms with Crippen LogP contribution in [0.2, 0.25) is 0 Å². The Bertz CT molecular complexity index is 83.7. The van der Waals surface area contributed by atoms with Crippen LogP contribution >= 0.6 is 9.24 Å². The lowest BCUT2D eigenvalue weighted by Gasteiger charge is -1.86. The molecule has 42 valence electrons. The maximum Gasteiger partial charge on any atom is 0.273 e. The van der Waals surface area contributed by atoms with E-state index in [0.717, 1.165) is 0 Å². The third-order valence-electron chi connectivity index (χ3n) is 0.624. The Hall–Kier alpha value is 0.0300. The largest absolute Gasteiger partial charge is 0.273 e. The molecule has 0 heterocycles. The molecule has 0 nitrogen and oxygen atoms in total. The smallest absolute Gasteiger partial charge is 0.173 e. The van der Waals surface area contributed by atoms with Gasteiger partial charge in [-0.3, -0.25) is 0 Å². The van der Waals surface area contributed by atoms with Crippen LogP contribution < -0.4 is 0 Å². The zero-order valence-electron chi connectivity index (χ0n) is 4.04. The minimum Gasteiger partial charge on any atom is -0.173 e. The Morgan fingerprint density at radius 1 is 1.57 bits per heavy atom. The van der Waals surface area contributed by atoms with Crippen LogP contribution in [0.15, 0.2) is 11.4 Å². The van der Waals surface area contributed by atoms with Crippen LogP contribution in [0.3, 0.4) is 0 Å². The Balaban J connectivity index is 3.72. The number of allylic oxidation sites excluding steroid dienone is 1. The average molecular weight is 124 g/mol. The molecule has 0 saturated heterocycles. The fourth-order valence-electron chi connectivity index (χ4n) is 0.134. The summed E-state index contributed by atoms with van der Waals surface area (Å²) in [6.45, 7) is 1.68. The second kappa shape index (κ2) is 3.09. The molecule has 0 aliphatic heterocycles. The molecular weight excluding hydrogens is 117 g/mol. The summed E-state index contributed by atoms with van der Waals surface area (Å²) in [7, 11) is 1.98. The van der Waals surface area contributed by atoms with E-state index in [-0.39, 0.29) is 5.31 Å². The van der Waals surface area contributed by atoms with Crippen molar-refractivity contribution in [2.24, 2.45) is 0 Å². The van der Waals surface area contributed by atoms with Crippen molar-refractivity contribution in [3.63, 3.8) is 0 Å². The summed E-state index contributed by atoms with van der Waals surface area (Å²) in [6.07, 6.45) is -1.17.